The van der Waals surface area contributed by atoms with Crippen molar-refractivity contribution < 1.29 is 24.2 Å². The van der Waals surface area contributed by atoms with Crippen LogP contribution in [-0.4, -0.2) is 124 Å². The van der Waals surface area contributed by atoms with Crippen molar-refractivity contribution in [3.05, 3.63) is 61.2 Å². The standard InChI is InChI=1S/C35H50N4O5S/c1-5-14-37(17-16-36-18-20-44-21-19-36)34(43)31-35-13-12-28(45-35)29(30(35)33(42)39(31)27(24-40)22-25(3)4)32(41)38(15-6-2)23-26-10-8-7-9-11-26/h5-11,25,27-31,40H,1-2,12-24H2,3-4H3/t27-,28+,29-,30+,31?,35?/m1/s1. The fourth-order valence-electron chi connectivity index (χ4n) is 7.98. The number of rotatable bonds is 15. The molecule has 45 heavy (non-hydrogen) atoms. The second kappa shape index (κ2) is 14.8. The van der Waals surface area contributed by atoms with E-state index >= 15 is 0 Å². The second-order valence-corrected chi connectivity index (χ2v) is 14.9. The summed E-state index contributed by atoms with van der Waals surface area (Å²) in [5.74, 6) is -1.24. The molecule has 0 aliphatic carbocycles. The van der Waals surface area contributed by atoms with Gasteiger partial charge in [0, 0.05) is 51.1 Å². The molecule has 3 amide bonds. The first-order valence-electron chi connectivity index (χ1n) is 16.5. The molecule has 4 fully saturated rings. The zero-order valence-electron chi connectivity index (χ0n) is 26.9. The molecule has 1 aromatic carbocycles. The molecule has 1 aromatic rings. The van der Waals surface area contributed by atoms with Crippen LogP contribution in [0.4, 0.5) is 0 Å². The third-order valence-corrected chi connectivity index (χ3v) is 11.9. The van der Waals surface area contributed by atoms with Crippen molar-refractivity contribution in [2.45, 2.75) is 61.7 Å². The molecule has 5 rings (SSSR count). The van der Waals surface area contributed by atoms with Crippen LogP contribution in [0, 0.1) is 17.8 Å². The van der Waals surface area contributed by atoms with E-state index < -0.39 is 28.7 Å². The predicted octanol–water partition coefficient (Wildman–Crippen LogP) is 3.05. The van der Waals surface area contributed by atoms with Crippen LogP contribution in [0.3, 0.4) is 0 Å². The minimum absolute atomic E-state index is 0.0362. The Bertz CT molecular complexity index is 1220. The quantitative estimate of drug-likeness (QED) is 0.295. The number of nitrogens with zero attached hydrogens (tertiary/aromatic N) is 4. The van der Waals surface area contributed by atoms with E-state index in [1.54, 1.807) is 33.7 Å². The van der Waals surface area contributed by atoms with Crippen LogP contribution in [-0.2, 0) is 25.7 Å². The van der Waals surface area contributed by atoms with Crippen molar-refractivity contribution in [3.63, 3.8) is 0 Å². The number of fused-ring (bicyclic) bond motifs is 1. The maximum absolute atomic E-state index is 14.8. The predicted molar refractivity (Wildman–Crippen MR) is 177 cm³/mol. The van der Waals surface area contributed by atoms with E-state index in [0.29, 0.717) is 58.8 Å². The van der Waals surface area contributed by atoms with Crippen molar-refractivity contribution in [1.82, 2.24) is 19.6 Å². The van der Waals surface area contributed by atoms with E-state index in [1.165, 1.54) is 0 Å². The Morgan fingerprint density at radius 2 is 1.80 bits per heavy atom. The number of thioether (sulfide) groups is 1. The Balaban J connectivity index is 1.48. The molecule has 2 unspecified atom stereocenters. The Morgan fingerprint density at radius 3 is 2.44 bits per heavy atom. The molecule has 0 saturated carbocycles. The lowest BCUT2D eigenvalue weighted by Gasteiger charge is -2.40. The van der Waals surface area contributed by atoms with E-state index in [-0.39, 0.29) is 35.5 Å². The summed E-state index contributed by atoms with van der Waals surface area (Å²) in [5.41, 5.74) is 1.02. The van der Waals surface area contributed by atoms with Gasteiger partial charge in [-0.15, -0.1) is 24.9 Å². The summed E-state index contributed by atoms with van der Waals surface area (Å²) in [7, 11) is 0. The summed E-state index contributed by atoms with van der Waals surface area (Å²) in [4.78, 5) is 51.6. The number of morpholine rings is 1. The third kappa shape index (κ3) is 6.75. The summed E-state index contributed by atoms with van der Waals surface area (Å²) >= 11 is 1.68. The zero-order valence-corrected chi connectivity index (χ0v) is 27.7. The Labute approximate surface area is 272 Å². The third-order valence-electron chi connectivity index (χ3n) is 9.93. The number of hydrogen-bond acceptors (Lipinski definition) is 7. The van der Waals surface area contributed by atoms with Crippen LogP contribution < -0.4 is 0 Å². The first kappa shape index (κ1) is 33.7. The van der Waals surface area contributed by atoms with Crippen LogP contribution >= 0.6 is 11.8 Å². The molecule has 0 radical (unpaired) electrons. The molecule has 1 N–H and O–H groups in total. The molecule has 2 bridgehead atoms. The number of carbonyl (C=O) groups is 3. The van der Waals surface area contributed by atoms with E-state index in [2.05, 4.69) is 31.9 Å². The van der Waals surface area contributed by atoms with Gasteiger partial charge in [0.05, 0.1) is 42.4 Å². The van der Waals surface area contributed by atoms with Crippen molar-refractivity contribution in [2.24, 2.45) is 17.8 Å². The van der Waals surface area contributed by atoms with Gasteiger partial charge in [-0.3, -0.25) is 19.3 Å². The van der Waals surface area contributed by atoms with Gasteiger partial charge in [0.25, 0.3) is 0 Å². The van der Waals surface area contributed by atoms with Gasteiger partial charge in [0.2, 0.25) is 17.7 Å². The van der Waals surface area contributed by atoms with E-state index in [4.69, 9.17) is 4.74 Å². The van der Waals surface area contributed by atoms with Gasteiger partial charge >= 0.3 is 0 Å². The fraction of sp³-hybridized carbons (Fsp3) is 0.629. The lowest BCUT2D eigenvalue weighted by atomic mass is 9.70. The Kier molecular flexibility index (Phi) is 11.1. The highest BCUT2D eigenvalue weighted by Gasteiger charge is 2.74. The highest BCUT2D eigenvalue weighted by atomic mass is 32.2. The lowest BCUT2D eigenvalue weighted by Crippen LogP contribution is -2.58. The van der Waals surface area contributed by atoms with Gasteiger partial charge in [0.15, 0.2) is 0 Å². The van der Waals surface area contributed by atoms with E-state index in [1.807, 2.05) is 35.2 Å². The van der Waals surface area contributed by atoms with E-state index in [9.17, 15) is 19.5 Å². The zero-order chi connectivity index (χ0) is 32.1. The summed E-state index contributed by atoms with van der Waals surface area (Å²) in [6, 6.07) is 8.63. The number of hydrogen-bond donors (Lipinski definition) is 1. The van der Waals surface area contributed by atoms with Gasteiger partial charge in [-0.05, 0) is 30.7 Å². The summed E-state index contributed by atoms with van der Waals surface area (Å²) < 4.78 is 4.79. The Morgan fingerprint density at radius 1 is 1.11 bits per heavy atom. The van der Waals surface area contributed by atoms with Crippen molar-refractivity contribution >= 4 is 29.5 Å². The van der Waals surface area contributed by atoms with Crippen LogP contribution in [0.2, 0.25) is 0 Å². The lowest BCUT2D eigenvalue weighted by molar-refractivity contribution is -0.147. The van der Waals surface area contributed by atoms with Gasteiger partial charge in [-0.25, -0.2) is 0 Å². The molecule has 9 nitrogen and oxygen atoms in total. The van der Waals surface area contributed by atoms with Crippen molar-refractivity contribution in [3.8, 4) is 0 Å². The average Bonchev–Trinajstić information content (AvgIpc) is 3.69. The SMILES string of the molecule is C=CCN(CCN1CCOCC1)C(=O)C1N([C@@H](CO)CC(C)C)C(=O)[C@@H]2[C@H](C(=O)N(CC=C)Cc3ccccc3)[C@@H]3CCC12S3. The van der Waals surface area contributed by atoms with Crippen LogP contribution in [0.15, 0.2) is 55.6 Å². The summed E-state index contributed by atoms with van der Waals surface area (Å²) in [6.07, 6.45) is 5.53. The molecule has 246 valence electrons. The first-order chi connectivity index (χ1) is 21.7. The molecule has 4 aliphatic rings. The average molecular weight is 639 g/mol. The number of ether oxygens (including phenoxy) is 1. The number of benzene rings is 1. The van der Waals surface area contributed by atoms with Crippen molar-refractivity contribution in [2.75, 3.05) is 59.1 Å². The van der Waals surface area contributed by atoms with Gasteiger partial charge in [-0.2, -0.15) is 0 Å². The maximum atomic E-state index is 14.8. The Hall–Kier alpha value is -2.66. The monoisotopic (exact) mass is 638 g/mol. The normalized spacial score (nSPS) is 28.3. The van der Waals surface area contributed by atoms with E-state index in [0.717, 1.165) is 25.1 Å². The van der Waals surface area contributed by atoms with Gasteiger partial charge in [-0.1, -0.05) is 56.3 Å². The largest absolute Gasteiger partial charge is 0.394 e. The van der Waals surface area contributed by atoms with Crippen LogP contribution in [0.5, 0.6) is 0 Å². The number of amides is 3. The number of aliphatic hydroxyl groups excluding tert-OH is 1. The molecule has 4 heterocycles. The highest BCUT2D eigenvalue weighted by Crippen LogP contribution is 2.67. The topological polar surface area (TPSA) is 93.6 Å². The number of carbonyl (C=O) groups excluding carboxylic acids is 3. The molecule has 0 aromatic heterocycles. The summed E-state index contributed by atoms with van der Waals surface area (Å²) in [6.45, 7) is 17.2. The molecule has 1 spiro atoms. The molecule has 6 atom stereocenters. The van der Waals surface area contributed by atoms with Gasteiger partial charge < -0.3 is 24.5 Å². The summed E-state index contributed by atoms with van der Waals surface area (Å²) in [5, 5.41) is 10.6. The fourth-order valence-corrected chi connectivity index (χ4v) is 10.2. The number of likely N-dealkylation sites (tertiary alicyclic amines) is 1. The van der Waals surface area contributed by atoms with Crippen LogP contribution in [0.25, 0.3) is 0 Å². The first-order valence-corrected chi connectivity index (χ1v) is 17.4. The molecular formula is C35H50N4O5S. The number of aliphatic hydroxyl groups is 1. The molecule has 10 heteroatoms. The minimum atomic E-state index is -0.745. The minimum Gasteiger partial charge on any atom is -0.394 e. The second-order valence-electron chi connectivity index (χ2n) is 13.3. The van der Waals surface area contributed by atoms with Crippen LogP contribution in [0.1, 0.15) is 38.7 Å². The molecule has 4 aliphatic heterocycles. The smallest absolute Gasteiger partial charge is 0.247 e. The van der Waals surface area contributed by atoms with Gasteiger partial charge in [0.1, 0.15) is 6.04 Å². The molecular weight excluding hydrogens is 588 g/mol. The molecule has 4 saturated heterocycles. The maximum Gasteiger partial charge on any atom is 0.247 e. The highest BCUT2D eigenvalue weighted by molar-refractivity contribution is 8.02. The van der Waals surface area contributed by atoms with Crippen molar-refractivity contribution in [1.29, 1.82) is 0 Å².